The van der Waals surface area contributed by atoms with Crippen molar-refractivity contribution >= 4 is 17.4 Å². The summed E-state index contributed by atoms with van der Waals surface area (Å²) in [5.41, 5.74) is 4.20. The van der Waals surface area contributed by atoms with E-state index in [0.717, 1.165) is 59.3 Å². The van der Waals surface area contributed by atoms with E-state index in [1.54, 1.807) is 7.11 Å². The van der Waals surface area contributed by atoms with E-state index >= 15 is 0 Å². The van der Waals surface area contributed by atoms with Gasteiger partial charge in [0.2, 0.25) is 0 Å². The monoisotopic (exact) mass is 353 g/mol. The van der Waals surface area contributed by atoms with Gasteiger partial charge in [0.05, 0.1) is 12.8 Å². The molecule has 1 aromatic heterocycles. The molecule has 0 amide bonds. The second-order valence-electron chi connectivity index (χ2n) is 6.15. The zero-order valence-corrected chi connectivity index (χ0v) is 14.9. The third kappa shape index (κ3) is 2.98. The maximum Gasteiger partial charge on any atom is 0.144 e. The van der Waals surface area contributed by atoms with Gasteiger partial charge in [-0.1, -0.05) is 35.9 Å². The lowest BCUT2D eigenvalue weighted by Gasteiger charge is -2.12. The summed E-state index contributed by atoms with van der Waals surface area (Å²) in [4.78, 5) is 0. The average molecular weight is 354 g/mol. The molecule has 2 heterocycles. The highest BCUT2D eigenvalue weighted by atomic mass is 35.5. The number of fused-ring (bicyclic) bond motifs is 1. The molecule has 128 valence electrons. The quantitative estimate of drug-likeness (QED) is 0.724. The lowest BCUT2D eigenvalue weighted by molar-refractivity contribution is 0.412. The van der Waals surface area contributed by atoms with Crippen molar-refractivity contribution in [3.05, 3.63) is 59.1 Å². The average Bonchev–Trinajstić information content (AvgIpc) is 2.82. The van der Waals surface area contributed by atoms with Crippen molar-refractivity contribution in [2.45, 2.75) is 19.3 Å². The highest BCUT2D eigenvalue weighted by Crippen LogP contribution is 2.36. The van der Waals surface area contributed by atoms with Crippen LogP contribution in [0.25, 0.3) is 16.9 Å². The normalized spacial score (nSPS) is 13.7. The van der Waals surface area contributed by atoms with Crippen LogP contribution in [0.4, 0.5) is 5.82 Å². The number of anilines is 1. The Bertz CT molecular complexity index is 904. The third-order valence-electron chi connectivity index (χ3n) is 4.54. The van der Waals surface area contributed by atoms with Crippen molar-refractivity contribution in [1.29, 1.82) is 0 Å². The lowest BCUT2D eigenvalue weighted by Crippen LogP contribution is -2.08. The molecule has 3 aromatic rings. The van der Waals surface area contributed by atoms with E-state index in [9.17, 15) is 0 Å². The summed E-state index contributed by atoms with van der Waals surface area (Å²) in [5.74, 6) is 1.86. The molecule has 0 spiro atoms. The van der Waals surface area contributed by atoms with Crippen LogP contribution in [0.15, 0.2) is 48.5 Å². The summed E-state index contributed by atoms with van der Waals surface area (Å²) in [6, 6.07) is 15.8. The maximum atomic E-state index is 6.21. The minimum Gasteiger partial charge on any atom is -0.494 e. The Morgan fingerprint density at radius 1 is 1.12 bits per heavy atom. The summed E-state index contributed by atoms with van der Waals surface area (Å²) in [5, 5.41) is 9.22. The van der Waals surface area contributed by atoms with Gasteiger partial charge in [-0.2, -0.15) is 5.10 Å². The van der Waals surface area contributed by atoms with Crippen molar-refractivity contribution in [2.75, 3.05) is 19.0 Å². The van der Waals surface area contributed by atoms with Crippen LogP contribution >= 0.6 is 11.6 Å². The second kappa shape index (κ2) is 6.81. The van der Waals surface area contributed by atoms with Gasteiger partial charge in [-0.3, -0.25) is 0 Å². The number of methoxy groups -OCH3 is 1. The molecule has 0 bridgehead atoms. The highest BCUT2D eigenvalue weighted by Gasteiger charge is 2.23. The molecule has 0 atom stereocenters. The van der Waals surface area contributed by atoms with Gasteiger partial charge in [0.1, 0.15) is 17.3 Å². The topological polar surface area (TPSA) is 39.1 Å². The Morgan fingerprint density at radius 2 is 2.00 bits per heavy atom. The van der Waals surface area contributed by atoms with Crippen LogP contribution in [-0.2, 0) is 6.42 Å². The smallest absolute Gasteiger partial charge is 0.144 e. The predicted octanol–water partition coefficient (Wildman–Crippen LogP) is 4.95. The zero-order valence-electron chi connectivity index (χ0n) is 14.1. The molecule has 1 aliphatic heterocycles. The SMILES string of the molecule is COc1ccccc1-n1nc(-c2cccc(Cl)c2)c2c1NCCCC2. The first-order valence-electron chi connectivity index (χ1n) is 8.53. The summed E-state index contributed by atoms with van der Waals surface area (Å²) in [6.45, 7) is 0.947. The molecule has 25 heavy (non-hydrogen) atoms. The molecule has 4 nitrogen and oxygen atoms in total. The summed E-state index contributed by atoms with van der Waals surface area (Å²) >= 11 is 6.21. The van der Waals surface area contributed by atoms with Gasteiger partial charge in [0.15, 0.2) is 0 Å². The highest BCUT2D eigenvalue weighted by molar-refractivity contribution is 6.30. The number of para-hydroxylation sites is 2. The minimum absolute atomic E-state index is 0.722. The fourth-order valence-electron chi connectivity index (χ4n) is 3.35. The molecule has 2 aromatic carbocycles. The van der Waals surface area contributed by atoms with Gasteiger partial charge in [-0.05, 0) is 43.5 Å². The van der Waals surface area contributed by atoms with Gasteiger partial charge in [0.25, 0.3) is 0 Å². The summed E-state index contributed by atoms with van der Waals surface area (Å²) < 4.78 is 7.51. The molecule has 4 rings (SSSR count). The van der Waals surface area contributed by atoms with Gasteiger partial charge in [-0.15, -0.1) is 0 Å². The summed E-state index contributed by atoms with van der Waals surface area (Å²) in [6.07, 6.45) is 3.29. The van der Waals surface area contributed by atoms with Crippen LogP contribution in [0.3, 0.4) is 0 Å². The Balaban J connectivity index is 1.94. The van der Waals surface area contributed by atoms with E-state index in [2.05, 4.69) is 11.4 Å². The first-order valence-corrected chi connectivity index (χ1v) is 8.91. The van der Waals surface area contributed by atoms with Crippen molar-refractivity contribution in [2.24, 2.45) is 0 Å². The van der Waals surface area contributed by atoms with Crippen LogP contribution < -0.4 is 10.1 Å². The van der Waals surface area contributed by atoms with E-state index in [0.29, 0.717) is 0 Å². The van der Waals surface area contributed by atoms with Crippen molar-refractivity contribution in [3.63, 3.8) is 0 Å². The van der Waals surface area contributed by atoms with Gasteiger partial charge in [-0.25, -0.2) is 4.68 Å². The Hall–Kier alpha value is -2.46. The van der Waals surface area contributed by atoms with E-state index in [1.165, 1.54) is 5.56 Å². The molecule has 0 radical (unpaired) electrons. The first-order chi connectivity index (χ1) is 12.3. The molecule has 1 aliphatic rings. The van der Waals surface area contributed by atoms with Crippen molar-refractivity contribution < 1.29 is 4.74 Å². The number of rotatable bonds is 3. The Morgan fingerprint density at radius 3 is 2.84 bits per heavy atom. The number of hydrogen-bond donors (Lipinski definition) is 1. The Labute approximate surface area is 152 Å². The standard InChI is InChI=1S/C20H20ClN3O/c1-25-18-11-3-2-10-17(18)24-20-16(9-4-5-12-22-20)19(23-24)14-7-6-8-15(21)13-14/h2-3,6-8,10-11,13,22H,4-5,9,12H2,1H3. The van der Waals surface area contributed by atoms with Gasteiger partial charge in [0, 0.05) is 22.7 Å². The number of benzene rings is 2. The third-order valence-corrected chi connectivity index (χ3v) is 4.78. The van der Waals surface area contributed by atoms with Crippen LogP contribution in [-0.4, -0.2) is 23.4 Å². The number of nitrogens with one attached hydrogen (secondary N) is 1. The largest absolute Gasteiger partial charge is 0.494 e. The van der Waals surface area contributed by atoms with E-state index < -0.39 is 0 Å². The van der Waals surface area contributed by atoms with E-state index in [1.807, 2.05) is 47.1 Å². The molecular weight excluding hydrogens is 334 g/mol. The fourth-order valence-corrected chi connectivity index (χ4v) is 3.54. The van der Waals surface area contributed by atoms with Crippen LogP contribution in [0.5, 0.6) is 5.75 Å². The van der Waals surface area contributed by atoms with E-state index in [4.69, 9.17) is 21.4 Å². The number of nitrogens with zero attached hydrogens (tertiary/aromatic N) is 2. The second-order valence-corrected chi connectivity index (χ2v) is 6.59. The number of aromatic nitrogens is 2. The number of ether oxygens (including phenoxy) is 1. The summed E-state index contributed by atoms with van der Waals surface area (Å²) in [7, 11) is 1.69. The molecule has 0 unspecified atom stereocenters. The molecule has 0 fully saturated rings. The minimum atomic E-state index is 0.722. The molecular formula is C20H20ClN3O. The predicted molar refractivity (Wildman–Crippen MR) is 102 cm³/mol. The Kier molecular flexibility index (Phi) is 4.36. The molecule has 0 saturated heterocycles. The molecule has 1 N–H and O–H groups in total. The van der Waals surface area contributed by atoms with Crippen molar-refractivity contribution in [1.82, 2.24) is 9.78 Å². The lowest BCUT2D eigenvalue weighted by atomic mass is 10.0. The molecule has 5 heteroatoms. The number of halogens is 1. The fraction of sp³-hybridized carbons (Fsp3) is 0.250. The first kappa shape index (κ1) is 16.0. The molecule has 0 aliphatic carbocycles. The van der Waals surface area contributed by atoms with Gasteiger partial charge >= 0.3 is 0 Å². The number of hydrogen-bond acceptors (Lipinski definition) is 3. The van der Waals surface area contributed by atoms with Gasteiger partial charge < -0.3 is 10.1 Å². The van der Waals surface area contributed by atoms with Crippen LogP contribution in [0, 0.1) is 0 Å². The molecule has 0 saturated carbocycles. The van der Waals surface area contributed by atoms with E-state index in [-0.39, 0.29) is 0 Å². The zero-order chi connectivity index (χ0) is 17.2. The van der Waals surface area contributed by atoms with Crippen molar-refractivity contribution in [3.8, 4) is 22.7 Å². The van der Waals surface area contributed by atoms with Crippen LogP contribution in [0.1, 0.15) is 18.4 Å². The maximum absolute atomic E-state index is 6.21. The van der Waals surface area contributed by atoms with Crippen LogP contribution in [0.2, 0.25) is 5.02 Å².